The minimum Gasteiger partial charge on any atom is -0.370 e. The van der Waals surface area contributed by atoms with Crippen LogP contribution >= 0.6 is 0 Å². The van der Waals surface area contributed by atoms with Gasteiger partial charge < -0.3 is 10.6 Å². The highest BCUT2D eigenvalue weighted by Gasteiger charge is 2.18. The zero-order valence-corrected chi connectivity index (χ0v) is 15.6. The minimum absolute atomic E-state index is 0.600. The molecule has 2 N–H and O–H groups in total. The zero-order chi connectivity index (χ0) is 17.8. The Bertz CT molecular complexity index is 732. The van der Waals surface area contributed by atoms with Gasteiger partial charge in [-0.1, -0.05) is 37.3 Å². The molecule has 2 heterocycles. The summed E-state index contributed by atoms with van der Waals surface area (Å²) in [6.45, 7) is 9.87. The number of aryl methyl sites for hydroxylation is 1. The highest BCUT2D eigenvalue weighted by molar-refractivity contribution is 5.78. The van der Waals surface area contributed by atoms with Crippen molar-refractivity contribution in [1.82, 2.24) is 14.7 Å². The molecule has 1 fully saturated rings. The van der Waals surface area contributed by atoms with E-state index in [4.69, 9.17) is 10.8 Å². The standard InChI is InChI=1S/C20H29N5/c1-15-8-7-11-24(13-15)20(21)22-12-19-16(2)23-25(17(19)3)14-18-9-5-4-6-10-18/h4-6,9-10,15H,7-8,11-14H2,1-3H3,(H2,21,22). The highest BCUT2D eigenvalue weighted by atomic mass is 15.3. The quantitative estimate of drug-likeness (QED) is 0.688. The summed E-state index contributed by atoms with van der Waals surface area (Å²) < 4.78 is 2.06. The van der Waals surface area contributed by atoms with Crippen LogP contribution in [0.2, 0.25) is 0 Å². The molecule has 1 unspecified atom stereocenters. The van der Waals surface area contributed by atoms with E-state index in [-0.39, 0.29) is 0 Å². The molecule has 0 bridgehead atoms. The number of nitrogens with two attached hydrogens (primary N) is 1. The Hall–Kier alpha value is -2.30. The van der Waals surface area contributed by atoms with E-state index in [1.54, 1.807) is 0 Å². The van der Waals surface area contributed by atoms with Gasteiger partial charge in [-0.25, -0.2) is 4.99 Å². The van der Waals surface area contributed by atoms with Gasteiger partial charge in [-0.05, 0) is 38.2 Å². The monoisotopic (exact) mass is 339 g/mol. The van der Waals surface area contributed by atoms with Crippen LogP contribution in [-0.2, 0) is 13.1 Å². The molecule has 0 aliphatic carbocycles. The van der Waals surface area contributed by atoms with Gasteiger partial charge in [0.05, 0.1) is 18.8 Å². The molecule has 5 nitrogen and oxygen atoms in total. The van der Waals surface area contributed by atoms with E-state index in [1.165, 1.54) is 29.7 Å². The van der Waals surface area contributed by atoms with Crippen molar-refractivity contribution < 1.29 is 0 Å². The Morgan fingerprint density at radius 1 is 1.28 bits per heavy atom. The third-order valence-electron chi connectivity index (χ3n) is 5.09. The molecule has 1 aliphatic heterocycles. The Morgan fingerprint density at radius 3 is 2.76 bits per heavy atom. The zero-order valence-electron chi connectivity index (χ0n) is 15.6. The normalized spacial score (nSPS) is 18.6. The summed E-state index contributed by atoms with van der Waals surface area (Å²) in [6.07, 6.45) is 2.48. The van der Waals surface area contributed by atoms with Crippen molar-refractivity contribution in [2.75, 3.05) is 13.1 Å². The SMILES string of the molecule is Cc1nn(Cc2ccccc2)c(C)c1CN=C(N)N1CCCC(C)C1. The fraction of sp³-hybridized carbons (Fsp3) is 0.500. The molecule has 0 amide bonds. The summed E-state index contributed by atoms with van der Waals surface area (Å²) >= 11 is 0. The molecule has 1 saturated heterocycles. The van der Waals surface area contributed by atoms with Crippen molar-refractivity contribution >= 4 is 5.96 Å². The van der Waals surface area contributed by atoms with Crippen molar-refractivity contribution in [2.45, 2.75) is 46.7 Å². The molecule has 0 saturated carbocycles. The molecule has 3 rings (SSSR count). The first-order chi connectivity index (χ1) is 12.0. The number of guanidine groups is 1. The van der Waals surface area contributed by atoms with Gasteiger partial charge in [-0.2, -0.15) is 5.10 Å². The first kappa shape index (κ1) is 17.5. The van der Waals surface area contributed by atoms with Gasteiger partial charge in [-0.15, -0.1) is 0 Å². The number of rotatable bonds is 4. The maximum Gasteiger partial charge on any atom is 0.191 e. The maximum atomic E-state index is 6.24. The Labute approximate surface area is 150 Å². The molecule has 0 spiro atoms. The van der Waals surface area contributed by atoms with Crippen LogP contribution in [0.4, 0.5) is 0 Å². The topological polar surface area (TPSA) is 59.4 Å². The molecular weight excluding hydrogens is 310 g/mol. The molecular formula is C20H29N5. The Kier molecular flexibility index (Phi) is 5.41. The lowest BCUT2D eigenvalue weighted by Crippen LogP contribution is -2.43. The maximum absolute atomic E-state index is 6.24. The van der Waals surface area contributed by atoms with Crippen molar-refractivity contribution in [1.29, 1.82) is 0 Å². The summed E-state index contributed by atoms with van der Waals surface area (Å²) in [5, 5.41) is 4.70. The summed E-state index contributed by atoms with van der Waals surface area (Å²) in [5.74, 6) is 1.36. The van der Waals surface area contributed by atoms with Gasteiger partial charge in [0, 0.05) is 24.3 Å². The van der Waals surface area contributed by atoms with Crippen LogP contribution in [0, 0.1) is 19.8 Å². The van der Waals surface area contributed by atoms with Gasteiger partial charge >= 0.3 is 0 Å². The average Bonchev–Trinajstić information content (AvgIpc) is 2.87. The average molecular weight is 339 g/mol. The second-order valence-electron chi connectivity index (χ2n) is 7.16. The van der Waals surface area contributed by atoms with Gasteiger partial charge in [0.2, 0.25) is 0 Å². The van der Waals surface area contributed by atoms with Crippen molar-refractivity contribution in [3.8, 4) is 0 Å². The van der Waals surface area contributed by atoms with E-state index in [2.05, 4.69) is 59.6 Å². The van der Waals surface area contributed by atoms with Crippen molar-refractivity contribution in [3.05, 3.63) is 52.8 Å². The van der Waals surface area contributed by atoms with Crippen LogP contribution in [0.15, 0.2) is 35.3 Å². The molecule has 5 heteroatoms. The third kappa shape index (κ3) is 4.21. The molecule has 0 radical (unpaired) electrons. The largest absolute Gasteiger partial charge is 0.370 e. The first-order valence-corrected chi connectivity index (χ1v) is 9.16. The number of piperidine rings is 1. The first-order valence-electron chi connectivity index (χ1n) is 9.16. The van der Waals surface area contributed by atoms with Crippen LogP contribution in [0.5, 0.6) is 0 Å². The lowest BCUT2D eigenvalue weighted by atomic mass is 10.0. The molecule has 1 aromatic carbocycles. The summed E-state index contributed by atoms with van der Waals surface area (Å²) in [5.41, 5.74) is 10.9. The van der Waals surface area contributed by atoms with E-state index in [0.717, 1.165) is 25.3 Å². The number of nitrogens with zero attached hydrogens (tertiary/aromatic N) is 4. The molecule has 25 heavy (non-hydrogen) atoms. The van der Waals surface area contributed by atoms with Crippen LogP contribution in [0.3, 0.4) is 0 Å². The highest BCUT2D eigenvalue weighted by Crippen LogP contribution is 2.18. The van der Waals surface area contributed by atoms with E-state index in [9.17, 15) is 0 Å². The lowest BCUT2D eigenvalue weighted by Gasteiger charge is -2.31. The summed E-state index contributed by atoms with van der Waals surface area (Å²) in [7, 11) is 0. The van der Waals surface area contributed by atoms with E-state index in [0.29, 0.717) is 18.4 Å². The number of aromatic nitrogens is 2. The van der Waals surface area contributed by atoms with Gasteiger partial charge in [-0.3, -0.25) is 4.68 Å². The number of aliphatic imine (C=N–C) groups is 1. The molecule has 1 aliphatic rings. The predicted molar refractivity (Wildman–Crippen MR) is 103 cm³/mol. The third-order valence-corrected chi connectivity index (χ3v) is 5.09. The summed E-state index contributed by atoms with van der Waals surface area (Å²) in [6, 6.07) is 10.4. The van der Waals surface area contributed by atoms with Crippen LogP contribution < -0.4 is 5.73 Å². The van der Waals surface area contributed by atoms with Crippen LogP contribution in [0.25, 0.3) is 0 Å². The lowest BCUT2D eigenvalue weighted by molar-refractivity contribution is 0.270. The van der Waals surface area contributed by atoms with Crippen molar-refractivity contribution in [2.24, 2.45) is 16.6 Å². The Balaban J connectivity index is 1.71. The van der Waals surface area contributed by atoms with Crippen LogP contribution in [-0.4, -0.2) is 33.7 Å². The fourth-order valence-corrected chi connectivity index (χ4v) is 3.53. The number of likely N-dealkylation sites (tertiary alicyclic amines) is 1. The van der Waals surface area contributed by atoms with Crippen LogP contribution in [0.1, 0.15) is 42.3 Å². The van der Waals surface area contributed by atoms with Gasteiger partial charge in [0.15, 0.2) is 5.96 Å². The predicted octanol–water partition coefficient (Wildman–Crippen LogP) is 3.09. The molecule has 1 aromatic heterocycles. The Morgan fingerprint density at radius 2 is 2.04 bits per heavy atom. The van der Waals surface area contributed by atoms with E-state index in [1.807, 2.05) is 6.07 Å². The number of hydrogen-bond acceptors (Lipinski definition) is 2. The van der Waals surface area contributed by atoms with Gasteiger partial charge in [0.1, 0.15) is 0 Å². The molecule has 1 atom stereocenters. The molecule has 2 aromatic rings. The van der Waals surface area contributed by atoms with E-state index < -0.39 is 0 Å². The number of benzene rings is 1. The fourth-order valence-electron chi connectivity index (χ4n) is 3.53. The second kappa shape index (κ2) is 7.72. The van der Waals surface area contributed by atoms with E-state index >= 15 is 0 Å². The van der Waals surface area contributed by atoms with Gasteiger partial charge in [0.25, 0.3) is 0 Å². The molecule has 134 valence electrons. The smallest absolute Gasteiger partial charge is 0.191 e. The second-order valence-corrected chi connectivity index (χ2v) is 7.16. The minimum atomic E-state index is 0.600. The van der Waals surface area contributed by atoms with Crippen molar-refractivity contribution in [3.63, 3.8) is 0 Å². The summed E-state index contributed by atoms with van der Waals surface area (Å²) in [4.78, 5) is 6.88. The number of hydrogen-bond donors (Lipinski definition) is 1.